The summed E-state index contributed by atoms with van der Waals surface area (Å²) in [7, 11) is 0. The Balaban J connectivity index is 1.76. The summed E-state index contributed by atoms with van der Waals surface area (Å²) in [4.78, 5) is 33.9. The average molecular weight is 356 g/mol. The lowest BCUT2D eigenvalue weighted by molar-refractivity contribution is -0.167. The Hall–Kier alpha value is -2.67. The van der Waals surface area contributed by atoms with Crippen LogP contribution in [0.25, 0.3) is 0 Å². The lowest BCUT2D eigenvalue weighted by atomic mass is 9.95. The van der Waals surface area contributed by atoms with Crippen molar-refractivity contribution in [2.24, 2.45) is 0 Å². The number of H-pyrrole nitrogens is 1. The molecule has 2 heterocycles. The molecule has 0 spiro atoms. The molecule has 1 aromatic heterocycles. The fourth-order valence-electron chi connectivity index (χ4n) is 3.28. The first kappa shape index (κ1) is 18.1. The molecule has 7 nitrogen and oxygen atoms in total. The number of aromatic nitrogens is 2. The molecule has 1 aliphatic heterocycles. The summed E-state index contributed by atoms with van der Waals surface area (Å²) in [5, 5.41) is 2.92. The summed E-state index contributed by atoms with van der Waals surface area (Å²) in [5.41, 5.74) is 1.84. The van der Waals surface area contributed by atoms with Crippen LogP contribution in [-0.2, 0) is 20.7 Å². The number of ether oxygens (including phenoxy) is 1. The standard InChI is InChI=1S/C19H24N4O3/c1-13(2)23-16(24)11-26-18(17(23)14-6-4-3-5-7-14)19(25)21-9-8-15-10-20-12-22-15/h3-7,10,12-13,17-18H,8-9,11H2,1-2H3,(H,20,22)(H,21,25)/t17-,18+/m1/s1. The van der Waals surface area contributed by atoms with E-state index in [1.165, 1.54) is 0 Å². The number of benzene rings is 1. The van der Waals surface area contributed by atoms with Gasteiger partial charge in [-0.2, -0.15) is 0 Å². The second-order valence-corrected chi connectivity index (χ2v) is 6.60. The Bertz CT molecular complexity index is 731. The number of hydrogen-bond donors (Lipinski definition) is 2. The molecule has 0 aliphatic carbocycles. The molecule has 1 saturated heterocycles. The minimum atomic E-state index is -0.737. The Morgan fingerprint density at radius 3 is 2.81 bits per heavy atom. The zero-order chi connectivity index (χ0) is 18.5. The van der Waals surface area contributed by atoms with Crippen LogP contribution in [0.4, 0.5) is 0 Å². The number of nitrogens with one attached hydrogen (secondary N) is 2. The van der Waals surface area contributed by atoms with E-state index in [2.05, 4.69) is 15.3 Å². The maximum absolute atomic E-state index is 12.8. The van der Waals surface area contributed by atoms with Crippen LogP contribution in [0.15, 0.2) is 42.9 Å². The predicted molar refractivity (Wildman–Crippen MR) is 96.2 cm³/mol. The van der Waals surface area contributed by atoms with E-state index in [0.717, 1.165) is 11.3 Å². The Kier molecular flexibility index (Phi) is 5.68. The van der Waals surface area contributed by atoms with Gasteiger partial charge in [-0.1, -0.05) is 30.3 Å². The van der Waals surface area contributed by atoms with Crippen LogP contribution < -0.4 is 5.32 Å². The molecule has 2 aromatic rings. The second kappa shape index (κ2) is 8.14. The molecule has 0 radical (unpaired) electrons. The van der Waals surface area contributed by atoms with Crippen molar-refractivity contribution in [3.63, 3.8) is 0 Å². The molecule has 2 N–H and O–H groups in total. The largest absolute Gasteiger partial charge is 0.356 e. The highest BCUT2D eigenvalue weighted by molar-refractivity contribution is 5.86. The van der Waals surface area contributed by atoms with Gasteiger partial charge in [-0.25, -0.2) is 4.98 Å². The molecule has 3 rings (SSSR count). The van der Waals surface area contributed by atoms with Crippen LogP contribution in [0.2, 0.25) is 0 Å². The Morgan fingerprint density at radius 1 is 1.38 bits per heavy atom. The fraction of sp³-hybridized carbons (Fsp3) is 0.421. The van der Waals surface area contributed by atoms with E-state index in [-0.39, 0.29) is 24.5 Å². The number of imidazole rings is 1. The van der Waals surface area contributed by atoms with Gasteiger partial charge in [-0.15, -0.1) is 0 Å². The van der Waals surface area contributed by atoms with Gasteiger partial charge in [0.05, 0.1) is 12.4 Å². The highest BCUT2D eigenvalue weighted by Gasteiger charge is 2.42. The monoisotopic (exact) mass is 356 g/mol. The number of carbonyl (C=O) groups is 2. The van der Waals surface area contributed by atoms with Crippen LogP contribution in [-0.4, -0.2) is 52.0 Å². The van der Waals surface area contributed by atoms with Crippen LogP contribution in [0.3, 0.4) is 0 Å². The molecule has 7 heteroatoms. The number of morpholine rings is 1. The fourth-order valence-corrected chi connectivity index (χ4v) is 3.28. The summed E-state index contributed by atoms with van der Waals surface area (Å²) >= 11 is 0. The second-order valence-electron chi connectivity index (χ2n) is 6.60. The normalized spacial score (nSPS) is 20.4. The van der Waals surface area contributed by atoms with Crippen LogP contribution in [0.1, 0.15) is 31.1 Å². The van der Waals surface area contributed by atoms with Gasteiger partial charge in [0.1, 0.15) is 6.61 Å². The number of nitrogens with zero attached hydrogens (tertiary/aromatic N) is 2. The Morgan fingerprint density at radius 2 is 2.15 bits per heavy atom. The van der Waals surface area contributed by atoms with Crippen molar-refractivity contribution in [3.05, 3.63) is 54.1 Å². The van der Waals surface area contributed by atoms with Crippen molar-refractivity contribution >= 4 is 11.8 Å². The van der Waals surface area contributed by atoms with Gasteiger partial charge in [0.25, 0.3) is 5.91 Å². The summed E-state index contributed by atoms with van der Waals surface area (Å²) in [6.45, 7) is 4.29. The summed E-state index contributed by atoms with van der Waals surface area (Å²) in [6.07, 6.45) is 3.26. The van der Waals surface area contributed by atoms with Gasteiger partial charge < -0.3 is 19.9 Å². The highest BCUT2D eigenvalue weighted by atomic mass is 16.5. The number of aromatic amines is 1. The zero-order valence-electron chi connectivity index (χ0n) is 15.0. The zero-order valence-corrected chi connectivity index (χ0v) is 15.0. The molecule has 2 atom stereocenters. The summed E-state index contributed by atoms with van der Waals surface area (Å²) < 4.78 is 5.66. The first-order valence-corrected chi connectivity index (χ1v) is 8.80. The van der Waals surface area contributed by atoms with Crippen molar-refractivity contribution in [2.75, 3.05) is 13.2 Å². The van der Waals surface area contributed by atoms with E-state index >= 15 is 0 Å². The third-order valence-corrected chi connectivity index (χ3v) is 4.47. The first-order valence-electron chi connectivity index (χ1n) is 8.80. The van der Waals surface area contributed by atoms with E-state index in [1.807, 2.05) is 44.2 Å². The molecule has 0 unspecified atom stereocenters. The van der Waals surface area contributed by atoms with Crippen LogP contribution >= 0.6 is 0 Å². The highest BCUT2D eigenvalue weighted by Crippen LogP contribution is 2.32. The molecular formula is C19H24N4O3. The molecule has 138 valence electrons. The molecule has 1 aromatic carbocycles. The lowest BCUT2D eigenvalue weighted by Gasteiger charge is -2.42. The van der Waals surface area contributed by atoms with Crippen molar-refractivity contribution < 1.29 is 14.3 Å². The minimum absolute atomic E-state index is 0.0306. The molecular weight excluding hydrogens is 332 g/mol. The average Bonchev–Trinajstić information content (AvgIpc) is 3.15. The van der Waals surface area contributed by atoms with Crippen LogP contribution in [0, 0.1) is 0 Å². The number of hydrogen-bond acceptors (Lipinski definition) is 4. The van der Waals surface area contributed by atoms with Gasteiger partial charge in [0, 0.05) is 30.9 Å². The van der Waals surface area contributed by atoms with Gasteiger partial charge in [0.2, 0.25) is 5.91 Å². The van der Waals surface area contributed by atoms with E-state index in [4.69, 9.17) is 4.74 Å². The van der Waals surface area contributed by atoms with E-state index in [1.54, 1.807) is 17.4 Å². The molecule has 2 amide bonds. The maximum Gasteiger partial charge on any atom is 0.251 e. The number of amides is 2. The number of carbonyl (C=O) groups excluding carboxylic acids is 2. The first-order chi connectivity index (χ1) is 12.6. The summed E-state index contributed by atoms with van der Waals surface area (Å²) in [5.74, 6) is -0.313. The molecule has 1 fully saturated rings. The topological polar surface area (TPSA) is 87.3 Å². The van der Waals surface area contributed by atoms with Crippen molar-refractivity contribution in [2.45, 2.75) is 38.5 Å². The molecule has 26 heavy (non-hydrogen) atoms. The number of rotatable bonds is 6. The predicted octanol–water partition coefficient (Wildman–Crippen LogP) is 1.45. The van der Waals surface area contributed by atoms with Gasteiger partial charge >= 0.3 is 0 Å². The third kappa shape index (κ3) is 3.94. The smallest absolute Gasteiger partial charge is 0.251 e. The van der Waals surface area contributed by atoms with Gasteiger partial charge in [0.15, 0.2) is 6.10 Å². The summed E-state index contributed by atoms with van der Waals surface area (Å²) in [6, 6.07) is 9.09. The molecule has 0 saturated carbocycles. The maximum atomic E-state index is 12.8. The van der Waals surface area contributed by atoms with Crippen molar-refractivity contribution in [3.8, 4) is 0 Å². The minimum Gasteiger partial charge on any atom is -0.356 e. The van der Waals surface area contributed by atoms with Gasteiger partial charge in [-0.3, -0.25) is 9.59 Å². The Labute approximate surface area is 152 Å². The quantitative estimate of drug-likeness (QED) is 0.820. The lowest BCUT2D eigenvalue weighted by Crippen LogP contribution is -2.56. The molecule has 1 aliphatic rings. The third-order valence-electron chi connectivity index (χ3n) is 4.47. The van der Waals surface area contributed by atoms with Gasteiger partial charge in [-0.05, 0) is 19.4 Å². The van der Waals surface area contributed by atoms with Crippen molar-refractivity contribution in [1.82, 2.24) is 20.2 Å². The van der Waals surface area contributed by atoms with Crippen molar-refractivity contribution in [1.29, 1.82) is 0 Å². The SMILES string of the molecule is CC(C)N1C(=O)CO[C@H](C(=O)NCCc2cnc[nH]2)[C@H]1c1ccccc1. The van der Waals surface area contributed by atoms with Crippen LogP contribution in [0.5, 0.6) is 0 Å². The molecule has 0 bridgehead atoms. The van der Waals surface area contributed by atoms with E-state index in [0.29, 0.717) is 13.0 Å². The van der Waals surface area contributed by atoms with E-state index < -0.39 is 12.1 Å². The van der Waals surface area contributed by atoms with E-state index in [9.17, 15) is 9.59 Å².